The molecule has 2 nitrogen and oxygen atoms in total. The Morgan fingerprint density at radius 1 is 0.667 bits per heavy atom. The van der Waals surface area contributed by atoms with Crippen molar-refractivity contribution in [3.05, 3.63) is 0 Å². The lowest BCUT2D eigenvalue weighted by atomic mass is 9.68. The molecule has 33 heavy (non-hydrogen) atoms. The highest BCUT2D eigenvalue weighted by Gasteiger charge is 2.41. The smallest absolute Gasteiger partial charge is 0.0448 e. The Labute approximate surface area is 219 Å². The molecule has 2 atom stereocenters. The second-order valence-corrected chi connectivity index (χ2v) is 11.2. The van der Waals surface area contributed by atoms with E-state index in [1.54, 1.807) is 0 Å². The Kier molecular flexibility index (Phi) is 23.1. The van der Waals surface area contributed by atoms with Crippen molar-refractivity contribution in [3.8, 4) is 0 Å². The standard InChI is InChI=1S/C30H61NO.BrH/c1-4-5-6-7-8-9-10-11-12-13-14-15-16-17-18-19-20-21-24-29-25-22-23-26-30(29,27-28-32)31(2)3;/h29,32H,4-28H2,1-3H3;1H. The van der Waals surface area contributed by atoms with Gasteiger partial charge in [0.1, 0.15) is 0 Å². The van der Waals surface area contributed by atoms with Crippen LogP contribution in [0.15, 0.2) is 0 Å². The summed E-state index contributed by atoms with van der Waals surface area (Å²) in [6, 6.07) is 0. The van der Waals surface area contributed by atoms with Crippen LogP contribution in [-0.4, -0.2) is 36.2 Å². The van der Waals surface area contributed by atoms with Crippen LogP contribution in [0, 0.1) is 5.92 Å². The molecule has 0 amide bonds. The van der Waals surface area contributed by atoms with Gasteiger partial charge in [-0.25, -0.2) is 0 Å². The minimum absolute atomic E-state index is 0. The number of hydrogen-bond acceptors (Lipinski definition) is 2. The lowest BCUT2D eigenvalue weighted by molar-refractivity contribution is 0.00949. The van der Waals surface area contributed by atoms with Crippen LogP contribution < -0.4 is 0 Å². The number of aliphatic hydroxyl groups excluding tert-OH is 1. The third-order valence-corrected chi connectivity index (χ3v) is 8.51. The zero-order valence-electron chi connectivity index (χ0n) is 23.1. The van der Waals surface area contributed by atoms with Crippen LogP contribution in [0.1, 0.15) is 161 Å². The fraction of sp³-hybridized carbons (Fsp3) is 1.00. The van der Waals surface area contributed by atoms with Crippen molar-refractivity contribution in [3.63, 3.8) is 0 Å². The van der Waals surface area contributed by atoms with Crippen molar-refractivity contribution in [1.82, 2.24) is 4.90 Å². The van der Waals surface area contributed by atoms with Crippen molar-refractivity contribution in [2.24, 2.45) is 5.92 Å². The SMILES string of the molecule is Br.CCCCCCCCCCCCCCCCCCCCC1CCCCC1(CCO)N(C)C. The molecule has 200 valence electrons. The Balaban J connectivity index is 0.0000102. The first kappa shape index (κ1) is 33.4. The Morgan fingerprint density at radius 2 is 1.09 bits per heavy atom. The molecule has 0 spiro atoms. The molecule has 0 radical (unpaired) electrons. The van der Waals surface area contributed by atoms with Crippen LogP contribution >= 0.6 is 17.0 Å². The van der Waals surface area contributed by atoms with Crippen LogP contribution in [0.4, 0.5) is 0 Å². The molecule has 1 aliphatic rings. The highest BCUT2D eigenvalue weighted by atomic mass is 79.9. The summed E-state index contributed by atoms with van der Waals surface area (Å²) in [5, 5.41) is 9.65. The van der Waals surface area contributed by atoms with E-state index in [1.165, 1.54) is 148 Å². The first-order valence-electron chi connectivity index (χ1n) is 15.0. The predicted molar refractivity (Wildman–Crippen MR) is 154 cm³/mol. The molecule has 0 aromatic heterocycles. The summed E-state index contributed by atoms with van der Waals surface area (Å²) >= 11 is 0. The van der Waals surface area contributed by atoms with Gasteiger partial charge in [0.2, 0.25) is 0 Å². The monoisotopic (exact) mass is 531 g/mol. The summed E-state index contributed by atoms with van der Waals surface area (Å²) in [5.74, 6) is 0.791. The largest absolute Gasteiger partial charge is 0.396 e. The number of nitrogens with zero attached hydrogens (tertiary/aromatic N) is 1. The van der Waals surface area contributed by atoms with Gasteiger partial charge in [0.05, 0.1) is 0 Å². The number of aliphatic hydroxyl groups is 1. The molecule has 1 rings (SSSR count). The van der Waals surface area contributed by atoms with E-state index in [0.29, 0.717) is 6.61 Å². The molecule has 1 saturated carbocycles. The van der Waals surface area contributed by atoms with Crippen molar-refractivity contribution in [2.75, 3.05) is 20.7 Å². The minimum atomic E-state index is 0. The van der Waals surface area contributed by atoms with E-state index in [1.807, 2.05) is 0 Å². The lowest BCUT2D eigenvalue weighted by Gasteiger charge is -2.49. The fourth-order valence-electron chi connectivity index (χ4n) is 6.34. The van der Waals surface area contributed by atoms with Gasteiger partial charge in [0.15, 0.2) is 0 Å². The maximum atomic E-state index is 9.65. The van der Waals surface area contributed by atoms with Crippen molar-refractivity contribution in [2.45, 2.75) is 167 Å². The van der Waals surface area contributed by atoms with Gasteiger partial charge < -0.3 is 10.0 Å². The first-order valence-corrected chi connectivity index (χ1v) is 15.0. The van der Waals surface area contributed by atoms with E-state index in [9.17, 15) is 5.11 Å². The second-order valence-electron chi connectivity index (χ2n) is 11.2. The molecule has 1 N–H and O–H groups in total. The van der Waals surface area contributed by atoms with Gasteiger partial charge in [0.25, 0.3) is 0 Å². The summed E-state index contributed by atoms with van der Waals surface area (Å²) < 4.78 is 0. The summed E-state index contributed by atoms with van der Waals surface area (Å²) in [6.45, 7) is 2.64. The van der Waals surface area contributed by atoms with Crippen molar-refractivity contribution < 1.29 is 5.11 Å². The van der Waals surface area contributed by atoms with Crippen LogP contribution in [0.5, 0.6) is 0 Å². The Hall–Kier alpha value is 0.400. The molecule has 1 aliphatic carbocycles. The van der Waals surface area contributed by atoms with Crippen molar-refractivity contribution in [1.29, 1.82) is 0 Å². The van der Waals surface area contributed by atoms with E-state index >= 15 is 0 Å². The van der Waals surface area contributed by atoms with Crippen LogP contribution in [0.25, 0.3) is 0 Å². The molecule has 0 aromatic carbocycles. The molecule has 0 saturated heterocycles. The lowest BCUT2D eigenvalue weighted by Crippen LogP contribution is -2.52. The van der Waals surface area contributed by atoms with Crippen LogP contribution in [0.3, 0.4) is 0 Å². The zero-order chi connectivity index (χ0) is 23.3. The quantitative estimate of drug-likeness (QED) is 0.140. The number of unbranched alkanes of at least 4 members (excludes halogenated alkanes) is 17. The van der Waals surface area contributed by atoms with Crippen LogP contribution in [-0.2, 0) is 0 Å². The average Bonchev–Trinajstić information content (AvgIpc) is 2.79. The van der Waals surface area contributed by atoms with E-state index in [4.69, 9.17) is 0 Å². The first-order chi connectivity index (χ1) is 15.7. The third-order valence-electron chi connectivity index (χ3n) is 8.51. The summed E-state index contributed by atoms with van der Waals surface area (Å²) in [4.78, 5) is 2.45. The van der Waals surface area contributed by atoms with Gasteiger partial charge >= 0.3 is 0 Å². The van der Waals surface area contributed by atoms with Gasteiger partial charge in [-0.2, -0.15) is 0 Å². The van der Waals surface area contributed by atoms with Gasteiger partial charge in [0, 0.05) is 12.1 Å². The molecule has 0 aliphatic heterocycles. The highest BCUT2D eigenvalue weighted by Crippen LogP contribution is 2.42. The van der Waals surface area contributed by atoms with Crippen LogP contribution in [0.2, 0.25) is 0 Å². The number of hydrogen-bond donors (Lipinski definition) is 1. The number of halogens is 1. The molecule has 0 heterocycles. The van der Waals surface area contributed by atoms with E-state index < -0.39 is 0 Å². The molecule has 0 aromatic rings. The fourth-order valence-corrected chi connectivity index (χ4v) is 6.34. The minimum Gasteiger partial charge on any atom is -0.396 e. The topological polar surface area (TPSA) is 23.5 Å². The molecular weight excluding hydrogens is 470 g/mol. The van der Waals surface area contributed by atoms with Gasteiger partial charge in [-0.15, -0.1) is 17.0 Å². The predicted octanol–water partition coefficient (Wildman–Crippen LogP) is 9.87. The maximum absolute atomic E-state index is 9.65. The van der Waals surface area contributed by atoms with Gasteiger partial charge in [-0.1, -0.05) is 135 Å². The van der Waals surface area contributed by atoms with Gasteiger partial charge in [-0.3, -0.25) is 0 Å². The second kappa shape index (κ2) is 22.8. The molecule has 3 heteroatoms. The number of rotatable bonds is 22. The Bertz CT molecular complexity index is 399. The average molecular weight is 533 g/mol. The zero-order valence-corrected chi connectivity index (χ0v) is 24.8. The van der Waals surface area contributed by atoms with Crippen molar-refractivity contribution >= 4 is 17.0 Å². The summed E-state index contributed by atoms with van der Waals surface area (Å²) in [7, 11) is 4.48. The summed E-state index contributed by atoms with van der Waals surface area (Å²) in [6.07, 6.45) is 33.8. The summed E-state index contributed by atoms with van der Waals surface area (Å²) in [5.41, 5.74) is 0.266. The molecule has 2 unspecified atom stereocenters. The molecular formula is C30H62BrNO. The third kappa shape index (κ3) is 15.2. The normalized spacial score (nSPS) is 20.8. The Morgan fingerprint density at radius 3 is 1.48 bits per heavy atom. The molecule has 0 bridgehead atoms. The highest BCUT2D eigenvalue weighted by molar-refractivity contribution is 8.93. The van der Waals surface area contributed by atoms with E-state index in [2.05, 4.69) is 25.9 Å². The maximum Gasteiger partial charge on any atom is 0.0448 e. The van der Waals surface area contributed by atoms with E-state index in [0.717, 1.165) is 12.3 Å². The van der Waals surface area contributed by atoms with Gasteiger partial charge in [-0.05, 0) is 45.7 Å². The molecule has 1 fully saturated rings. The van der Waals surface area contributed by atoms with E-state index in [-0.39, 0.29) is 22.5 Å².